The van der Waals surface area contributed by atoms with Gasteiger partial charge in [-0.1, -0.05) is 6.42 Å². The van der Waals surface area contributed by atoms with Crippen molar-refractivity contribution in [3.8, 4) is 0 Å². The Balaban J connectivity index is 0.00000200. The van der Waals surface area contributed by atoms with E-state index in [1.807, 2.05) is 0 Å². The van der Waals surface area contributed by atoms with Crippen molar-refractivity contribution in [3.05, 3.63) is 0 Å². The van der Waals surface area contributed by atoms with E-state index in [-0.39, 0.29) is 42.1 Å². The van der Waals surface area contributed by atoms with Gasteiger partial charge in [-0.25, -0.2) is 0 Å². The largest absolute Gasteiger partial charge is 0.369 e. The van der Waals surface area contributed by atoms with Crippen molar-refractivity contribution in [2.24, 2.45) is 29.2 Å². The van der Waals surface area contributed by atoms with Crippen LogP contribution in [0.15, 0.2) is 0 Å². The second-order valence-corrected chi connectivity index (χ2v) is 5.99. The molecule has 0 saturated heterocycles. The number of rotatable bonds is 4. The minimum atomic E-state index is -0.205. The number of hydrogen-bond acceptors (Lipinski definition) is 3. The highest BCUT2D eigenvalue weighted by Crippen LogP contribution is 2.32. The zero-order chi connectivity index (χ0) is 13.8. The van der Waals surface area contributed by atoms with Crippen LogP contribution in [-0.2, 0) is 9.59 Å². The summed E-state index contributed by atoms with van der Waals surface area (Å²) in [6, 6.07) is 0.210. The third-order valence-corrected chi connectivity index (χ3v) is 4.77. The molecule has 5 nitrogen and oxygen atoms in total. The van der Waals surface area contributed by atoms with E-state index in [0.717, 1.165) is 44.9 Å². The van der Waals surface area contributed by atoms with Crippen molar-refractivity contribution in [1.29, 1.82) is 0 Å². The lowest BCUT2D eigenvalue weighted by molar-refractivity contribution is -0.127. The van der Waals surface area contributed by atoms with Gasteiger partial charge in [0.15, 0.2) is 0 Å². The van der Waals surface area contributed by atoms with Crippen LogP contribution in [0.4, 0.5) is 0 Å². The predicted octanol–water partition coefficient (Wildman–Crippen LogP) is 0.943. The maximum atomic E-state index is 12.2. The molecular weight excluding hydrogens is 278 g/mol. The first-order valence-corrected chi connectivity index (χ1v) is 7.41. The molecule has 2 rings (SSSR count). The lowest BCUT2D eigenvalue weighted by Crippen LogP contribution is -2.43. The van der Waals surface area contributed by atoms with Crippen LogP contribution in [0.25, 0.3) is 0 Å². The summed E-state index contributed by atoms with van der Waals surface area (Å²) in [6.45, 7) is 0.604. The number of amides is 2. The third kappa shape index (κ3) is 4.09. The number of nitrogens with two attached hydrogens (primary N) is 2. The Morgan fingerprint density at radius 3 is 2.25 bits per heavy atom. The Kier molecular flexibility index (Phi) is 6.76. The van der Waals surface area contributed by atoms with E-state index in [1.54, 1.807) is 0 Å². The first-order chi connectivity index (χ1) is 9.11. The summed E-state index contributed by atoms with van der Waals surface area (Å²) in [5, 5.41) is 3.14. The van der Waals surface area contributed by atoms with Crippen LogP contribution in [0.2, 0.25) is 0 Å². The summed E-state index contributed by atoms with van der Waals surface area (Å²) in [4.78, 5) is 23.3. The molecule has 2 fully saturated rings. The summed E-state index contributed by atoms with van der Waals surface area (Å²) in [7, 11) is 0. The SMILES string of the molecule is Cl.NC[C@H]1CCC[C@H]1C(=O)NC1CCC(C(N)=O)CC1. The summed E-state index contributed by atoms with van der Waals surface area (Å²) in [5.41, 5.74) is 11.0. The van der Waals surface area contributed by atoms with Crippen molar-refractivity contribution in [2.75, 3.05) is 6.54 Å². The van der Waals surface area contributed by atoms with Crippen LogP contribution in [-0.4, -0.2) is 24.4 Å². The molecule has 6 heteroatoms. The quantitative estimate of drug-likeness (QED) is 0.721. The van der Waals surface area contributed by atoms with Crippen molar-refractivity contribution >= 4 is 24.2 Å². The monoisotopic (exact) mass is 303 g/mol. The van der Waals surface area contributed by atoms with Gasteiger partial charge in [0, 0.05) is 17.9 Å². The maximum Gasteiger partial charge on any atom is 0.223 e. The van der Waals surface area contributed by atoms with Gasteiger partial charge in [-0.15, -0.1) is 12.4 Å². The first kappa shape index (κ1) is 17.2. The fraction of sp³-hybridized carbons (Fsp3) is 0.857. The molecule has 0 aromatic carbocycles. The molecule has 0 spiro atoms. The third-order valence-electron chi connectivity index (χ3n) is 4.77. The van der Waals surface area contributed by atoms with E-state index in [9.17, 15) is 9.59 Å². The highest BCUT2D eigenvalue weighted by atomic mass is 35.5. The van der Waals surface area contributed by atoms with Gasteiger partial charge in [-0.05, 0) is 51.0 Å². The summed E-state index contributed by atoms with van der Waals surface area (Å²) in [6.07, 6.45) is 6.46. The number of hydrogen-bond donors (Lipinski definition) is 3. The lowest BCUT2D eigenvalue weighted by Gasteiger charge is -2.29. The minimum Gasteiger partial charge on any atom is -0.369 e. The number of carbonyl (C=O) groups is 2. The van der Waals surface area contributed by atoms with Crippen molar-refractivity contribution in [1.82, 2.24) is 5.32 Å². The number of carbonyl (C=O) groups excluding carboxylic acids is 2. The van der Waals surface area contributed by atoms with Gasteiger partial charge in [-0.2, -0.15) is 0 Å². The van der Waals surface area contributed by atoms with Crippen molar-refractivity contribution in [2.45, 2.75) is 51.0 Å². The Hall–Kier alpha value is -0.810. The van der Waals surface area contributed by atoms with Crippen LogP contribution in [0, 0.1) is 17.8 Å². The molecule has 116 valence electrons. The lowest BCUT2D eigenvalue weighted by atomic mass is 9.85. The highest BCUT2D eigenvalue weighted by molar-refractivity contribution is 5.85. The topological polar surface area (TPSA) is 98.2 Å². The number of halogens is 1. The van der Waals surface area contributed by atoms with E-state index in [0.29, 0.717) is 12.5 Å². The smallest absolute Gasteiger partial charge is 0.223 e. The van der Waals surface area contributed by atoms with Crippen molar-refractivity contribution in [3.63, 3.8) is 0 Å². The first-order valence-electron chi connectivity index (χ1n) is 7.41. The minimum absolute atomic E-state index is 0. The van der Waals surface area contributed by atoms with E-state index >= 15 is 0 Å². The maximum absolute atomic E-state index is 12.2. The molecule has 0 unspecified atom stereocenters. The molecule has 2 aliphatic carbocycles. The highest BCUT2D eigenvalue weighted by Gasteiger charge is 2.33. The van der Waals surface area contributed by atoms with Gasteiger partial charge in [0.05, 0.1) is 0 Å². The fourth-order valence-electron chi connectivity index (χ4n) is 3.49. The zero-order valence-electron chi connectivity index (χ0n) is 11.8. The summed E-state index contributed by atoms with van der Waals surface area (Å²) in [5.74, 6) is 0.400. The molecule has 0 aliphatic heterocycles. The molecule has 2 atom stereocenters. The second kappa shape index (κ2) is 7.84. The Morgan fingerprint density at radius 1 is 1.05 bits per heavy atom. The summed E-state index contributed by atoms with van der Waals surface area (Å²) >= 11 is 0. The molecular formula is C14H26ClN3O2. The molecule has 0 radical (unpaired) electrons. The van der Waals surface area contributed by atoms with Crippen LogP contribution in [0.5, 0.6) is 0 Å². The van der Waals surface area contributed by atoms with Gasteiger partial charge >= 0.3 is 0 Å². The Labute approximate surface area is 126 Å². The van der Waals surface area contributed by atoms with E-state index < -0.39 is 0 Å². The molecule has 2 amide bonds. The van der Waals surface area contributed by atoms with Crippen LogP contribution >= 0.6 is 12.4 Å². The number of primary amides is 1. The van der Waals surface area contributed by atoms with Crippen molar-refractivity contribution < 1.29 is 9.59 Å². The van der Waals surface area contributed by atoms with E-state index in [2.05, 4.69) is 5.32 Å². The van der Waals surface area contributed by atoms with Gasteiger partial charge in [0.25, 0.3) is 0 Å². The van der Waals surface area contributed by atoms with Gasteiger partial charge in [0.1, 0.15) is 0 Å². The van der Waals surface area contributed by atoms with E-state index in [4.69, 9.17) is 11.5 Å². The molecule has 0 heterocycles. The van der Waals surface area contributed by atoms with Gasteiger partial charge in [0.2, 0.25) is 11.8 Å². The second-order valence-electron chi connectivity index (χ2n) is 5.99. The fourth-order valence-corrected chi connectivity index (χ4v) is 3.49. The molecule has 0 bridgehead atoms. The average molecular weight is 304 g/mol. The average Bonchev–Trinajstić information content (AvgIpc) is 2.87. The predicted molar refractivity (Wildman–Crippen MR) is 80.2 cm³/mol. The molecule has 20 heavy (non-hydrogen) atoms. The zero-order valence-corrected chi connectivity index (χ0v) is 12.7. The molecule has 2 aliphatic rings. The van der Waals surface area contributed by atoms with Gasteiger partial charge < -0.3 is 16.8 Å². The molecule has 2 saturated carbocycles. The molecule has 0 aromatic rings. The molecule has 5 N–H and O–H groups in total. The van der Waals surface area contributed by atoms with Crippen LogP contribution < -0.4 is 16.8 Å². The summed E-state index contributed by atoms with van der Waals surface area (Å²) < 4.78 is 0. The Morgan fingerprint density at radius 2 is 1.70 bits per heavy atom. The molecule has 0 aromatic heterocycles. The number of nitrogens with one attached hydrogen (secondary N) is 1. The van der Waals surface area contributed by atoms with Crippen LogP contribution in [0.3, 0.4) is 0 Å². The normalized spacial score (nSPS) is 33.2. The standard InChI is InChI=1S/C14H25N3O2.ClH/c15-8-10-2-1-3-12(10)14(19)17-11-6-4-9(5-7-11)13(16)18;/h9-12H,1-8,15H2,(H2,16,18)(H,17,19);1H/t9?,10-,11?,12-;/m1./s1. The van der Waals surface area contributed by atoms with E-state index in [1.165, 1.54) is 0 Å². The van der Waals surface area contributed by atoms with Gasteiger partial charge in [-0.3, -0.25) is 9.59 Å². The Bertz CT molecular complexity index is 343. The van der Waals surface area contributed by atoms with Crippen LogP contribution in [0.1, 0.15) is 44.9 Å².